The molecule has 0 atom stereocenters. The van der Waals surface area contributed by atoms with Crippen molar-refractivity contribution in [1.82, 2.24) is 15.5 Å². The summed E-state index contributed by atoms with van der Waals surface area (Å²) in [5.74, 6) is 2.07. The third kappa shape index (κ3) is 7.04. The Morgan fingerprint density at radius 2 is 2.29 bits per heavy atom. The second-order valence-electron chi connectivity index (χ2n) is 5.97. The van der Waals surface area contributed by atoms with Gasteiger partial charge in [-0.3, -0.25) is 4.79 Å². The van der Waals surface area contributed by atoms with Crippen molar-refractivity contribution in [3.63, 3.8) is 0 Å². The molecule has 24 heavy (non-hydrogen) atoms. The molecule has 1 fully saturated rings. The van der Waals surface area contributed by atoms with E-state index >= 15 is 0 Å². The van der Waals surface area contributed by atoms with Gasteiger partial charge in [0.15, 0.2) is 5.96 Å². The highest BCUT2D eigenvalue weighted by Crippen LogP contribution is 2.28. The van der Waals surface area contributed by atoms with E-state index in [-0.39, 0.29) is 12.5 Å². The molecular formula is C17H28N4O3. The summed E-state index contributed by atoms with van der Waals surface area (Å²) in [6.45, 7) is 5.48. The van der Waals surface area contributed by atoms with Crippen molar-refractivity contribution >= 4 is 11.9 Å². The first-order valence-electron chi connectivity index (χ1n) is 8.55. The normalized spacial score (nSPS) is 14.5. The minimum atomic E-state index is -0.139. The van der Waals surface area contributed by atoms with Gasteiger partial charge in [0.2, 0.25) is 5.91 Å². The summed E-state index contributed by atoms with van der Waals surface area (Å²) in [5, 5.41) is 5.97. The highest BCUT2D eigenvalue weighted by atomic mass is 16.5. The Morgan fingerprint density at radius 3 is 2.96 bits per heavy atom. The molecule has 0 unspecified atom stereocenters. The van der Waals surface area contributed by atoms with Crippen LogP contribution >= 0.6 is 0 Å². The number of furan rings is 1. The number of rotatable bonds is 10. The molecule has 1 aromatic heterocycles. The quantitative estimate of drug-likeness (QED) is 0.382. The van der Waals surface area contributed by atoms with Crippen LogP contribution in [0.4, 0.5) is 0 Å². The molecule has 0 saturated heterocycles. The highest BCUT2D eigenvalue weighted by molar-refractivity contribution is 5.84. The fourth-order valence-electron chi connectivity index (χ4n) is 2.11. The Balaban J connectivity index is 1.69. The number of guanidine groups is 1. The van der Waals surface area contributed by atoms with Crippen molar-refractivity contribution in [3.05, 3.63) is 24.2 Å². The SMILES string of the molecule is CCNC(=NCC(=O)NCc1ccco1)N(C)CCOCC1CC1. The van der Waals surface area contributed by atoms with Crippen LogP contribution in [-0.2, 0) is 16.1 Å². The molecule has 0 bridgehead atoms. The second-order valence-corrected chi connectivity index (χ2v) is 5.97. The molecule has 2 rings (SSSR count). The van der Waals surface area contributed by atoms with E-state index in [9.17, 15) is 4.79 Å². The Hall–Kier alpha value is -2.02. The number of nitrogens with one attached hydrogen (secondary N) is 2. The van der Waals surface area contributed by atoms with E-state index in [0.29, 0.717) is 19.1 Å². The number of ether oxygens (including phenoxy) is 1. The average molecular weight is 336 g/mol. The fraction of sp³-hybridized carbons (Fsp3) is 0.647. The first-order chi connectivity index (χ1) is 11.7. The first-order valence-corrected chi connectivity index (χ1v) is 8.55. The third-order valence-corrected chi connectivity index (χ3v) is 3.73. The zero-order valence-corrected chi connectivity index (χ0v) is 14.6. The zero-order valence-electron chi connectivity index (χ0n) is 14.6. The minimum Gasteiger partial charge on any atom is -0.467 e. The number of hydrogen-bond acceptors (Lipinski definition) is 4. The molecule has 134 valence electrons. The molecule has 1 heterocycles. The largest absolute Gasteiger partial charge is 0.467 e. The van der Waals surface area contributed by atoms with Crippen LogP contribution in [0, 0.1) is 5.92 Å². The van der Waals surface area contributed by atoms with Crippen molar-refractivity contribution in [2.24, 2.45) is 10.9 Å². The molecule has 1 aliphatic rings. The molecule has 2 N–H and O–H groups in total. The van der Waals surface area contributed by atoms with Crippen molar-refractivity contribution in [3.8, 4) is 0 Å². The number of aliphatic imine (C=N–C) groups is 1. The average Bonchev–Trinajstić information content (AvgIpc) is 3.26. The Kier molecular flexibility index (Phi) is 7.61. The molecule has 1 aliphatic carbocycles. The lowest BCUT2D eigenvalue weighted by Crippen LogP contribution is -2.41. The maximum Gasteiger partial charge on any atom is 0.242 e. The van der Waals surface area contributed by atoms with Crippen LogP contribution in [0.3, 0.4) is 0 Å². The number of amides is 1. The number of carbonyl (C=O) groups is 1. The Morgan fingerprint density at radius 1 is 1.46 bits per heavy atom. The number of hydrogen-bond donors (Lipinski definition) is 2. The summed E-state index contributed by atoms with van der Waals surface area (Å²) in [7, 11) is 1.95. The third-order valence-electron chi connectivity index (χ3n) is 3.73. The number of carbonyl (C=O) groups excluding carboxylic acids is 1. The smallest absolute Gasteiger partial charge is 0.242 e. The molecule has 0 spiro atoms. The van der Waals surface area contributed by atoms with Gasteiger partial charge in [-0.2, -0.15) is 0 Å². The van der Waals surface area contributed by atoms with Crippen molar-refractivity contribution in [2.45, 2.75) is 26.3 Å². The molecule has 0 radical (unpaired) electrons. The first kappa shape index (κ1) is 18.3. The summed E-state index contributed by atoms with van der Waals surface area (Å²) >= 11 is 0. The lowest BCUT2D eigenvalue weighted by molar-refractivity contribution is -0.119. The van der Waals surface area contributed by atoms with E-state index in [1.807, 2.05) is 24.9 Å². The van der Waals surface area contributed by atoms with Crippen molar-refractivity contribution < 1.29 is 13.9 Å². The molecule has 1 aromatic rings. The van der Waals surface area contributed by atoms with Crippen molar-refractivity contribution in [2.75, 3.05) is 39.9 Å². The van der Waals surface area contributed by atoms with E-state index < -0.39 is 0 Å². The van der Waals surface area contributed by atoms with Gasteiger partial charge in [-0.1, -0.05) is 0 Å². The standard InChI is InChI=1S/C17H28N4O3/c1-3-18-17(21(2)8-10-23-13-14-6-7-14)20-12-16(22)19-11-15-5-4-9-24-15/h4-5,9,14H,3,6-8,10-13H2,1-2H3,(H,18,20)(H,19,22). The molecule has 0 aromatic carbocycles. The van der Waals surface area contributed by atoms with Gasteiger partial charge in [0, 0.05) is 26.7 Å². The van der Waals surface area contributed by atoms with Gasteiger partial charge in [-0.15, -0.1) is 0 Å². The van der Waals surface area contributed by atoms with E-state index in [2.05, 4.69) is 15.6 Å². The maximum absolute atomic E-state index is 11.9. The lowest BCUT2D eigenvalue weighted by atomic mass is 10.4. The lowest BCUT2D eigenvalue weighted by Gasteiger charge is -2.21. The predicted octanol–water partition coefficient (Wildman–Crippen LogP) is 1.22. The summed E-state index contributed by atoms with van der Waals surface area (Å²) in [6.07, 6.45) is 4.18. The van der Waals surface area contributed by atoms with Crippen LogP contribution in [-0.4, -0.2) is 56.7 Å². The van der Waals surface area contributed by atoms with E-state index in [1.54, 1.807) is 12.3 Å². The van der Waals surface area contributed by atoms with Gasteiger partial charge < -0.3 is 24.7 Å². The van der Waals surface area contributed by atoms with E-state index in [4.69, 9.17) is 9.15 Å². The van der Waals surface area contributed by atoms with Crippen LogP contribution in [0.2, 0.25) is 0 Å². The van der Waals surface area contributed by atoms with Crippen molar-refractivity contribution in [1.29, 1.82) is 0 Å². The van der Waals surface area contributed by atoms with Crippen LogP contribution in [0.1, 0.15) is 25.5 Å². The molecular weight excluding hydrogens is 308 g/mol. The molecule has 0 aliphatic heterocycles. The molecule has 7 nitrogen and oxygen atoms in total. The van der Waals surface area contributed by atoms with Gasteiger partial charge in [0.05, 0.1) is 19.4 Å². The van der Waals surface area contributed by atoms with E-state index in [0.717, 1.165) is 31.4 Å². The maximum atomic E-state index is 11.9. The fourth-order valence-corrected chi connectivity index (χ4v) is 2.11. The van der Waals surface area contributed by atoms with Gasteiger partial charge in [-0.25, -0.2) is 4.99 Å². The Bertz CT molecular complexity index is 512. The van der Waals surface area contributed by atoms with Crippen LogP contribution < -0.4 is 10.6 Å². The summed E-state index contributed by atoms with van der Waals surface area (Å²) in [5.41, 5.74) is 0. The van der Waals surface area contributed by atoms with Crippen LogP contribution in [0.5, 0.6) is 0 Å². The van der Waals surface area contributed by atoms with Gasteiger partial charge in [0.1, 0.15) is 12.3 Å². The summed E-state index contributed by atoms with van der Waals surface area (Å²) in [4.78, 5) is 18.2. The molecule has 1 amide bonds. The summed E-state index contributed by atoms with van der Waals surface area (Å²) in [6, 6.07) is 3.62. The van der Waals surface area contributed by atoms with Crippen LogP contribution in [0.25, 0.3) is 0 Å². The summed E-state index contributed by atoms with van der Waals surface area (Å²) < 4.78 is 10.8. The topological polar surface area (TPSA) is 79.1 Å². The Labute approximate surface area is 143 Å². The predicted molar refractivity (Wildman–Crippen MR) is 92.7 cm³/mol. The molecule has 7 heteroatoms. The van der Waals surface area contributed by atoms with Gasteiger partial charge in [-0.05, 0) is 37.8 Å². The van der Waals surface area contributed by atoms with Gasteiger partial charge >= 0.3 is 0 Å². The van der Waals surface area contributed by atoms with Crippen LogP contribution in [0.15, 0.2) is 27.8 Å². The second kappa shape index (κ2) is 9.97. The highest BCUT2D eigenvalue weighted by Gasteiger charge is 2.21. The number of likely N-dealkylation sites (N-methyl/N-ethyl adjacent to an activating group) is 1. The zero-order chi connectivity index (χ0) is 17.2. The number of nitrogens with zero attached hydrogens (tertiary/aromatic N) is 2. The molecule has 1 saturated carbocycles. The monoisotopic (exact) mass is 336 g/mol. The van der Waals surface area contributed by atoms with Gasteiger partial charge in [0.25, 0.3) is 0 Å². The minimum absolute atomic E-state index is 0.0797. The van der Waals surface area contributed by atoms with E-state index in [1.165, 1.54) is 12.8 Å².